The van der Waals surface area contributed by atoms with E-state index in [9.17, 15) is 12.8 Å². The highest BCUT2D eigenvalue weighted by atomic mass is 32.2. The Morgan fingerprint density at radius 3 is 2.71 bits per heavy atom. The van der Waals surface area contributed by atoms with E-state index in [1.807, 2.05) is 16.7 Å². The first kappa shape index (κ1) is 17.4. The third-order valence-electron chi connectivity index (χ3n) is 5.48. The highest BCUT2D eigenvalue weighted by molar-refractivity contribution is 7.89. The third-order valence-corrected chi connectivity index (χ3v) is 7.48. The summed E-state index contributed by atoms with van der Waals surface area (Å²) in [6.45, 7) is 0.470. The van der Waals surface area contributed by atoms with E-state index in [1.165, 1.54) is 18.2 Å². The Labute approximate surface area is 161 Å². The van der Waals surface area contributed by atoms with Crippen molar-refractivity contribution >= 4 is 10.0 Å². The van der Waals surface area contributed by atoms with Crippen molar-refractivity contribution in [1.82, 2.24) is 24.1 Å². The molecule has 5 rings (SSSR count). The van der Waals surface area contributed by atoms with Crippen LogP contribution >= 0.6 is 0 Å². The molecular formula is C19H18FN5O2S. The van der Waals surface area contributed by atoms with E-state index < -0.39 is 15.8 Å². The van der Waals surface area contributed by atoms with Gasteiger partial charge in [0, 0.05) is 43.0 Å². The zero-order valence-corrected chi connectivity index (χ0v) is 15.8. The number of sulfonamides is 1. The van der Waals surface area contributed by atoms with Gasteiger partial charge < -0.3 is 4.57 Å². The number of hydrogen-bond donors (Lipinski definition) is 0. The lowest BCUT2D eigenvalue weighted by Gasteiger charge is -2.27. The maximum Gasteiger partial charge on any atom is 0.243 e. The van der Waals surface area contributed by atoms with E-state index in [0.717, 1.165) is 30.3 Å². The average Bonchev–Trinajstić information content (AvgIpc) is 3.22. The summed E-state index contributed by atoms with van der Waals surface area (Å²) in [7, 11) is -3.80. The fraction of sp³-hybridized carbons (Fsp3) is 0.316. The number of pyridine rings is 1. The normalized spacial score (nSPS) is 22.0. The maximum atomic E-state index is 13.6. The van der Waals surface area contributed by atoms with E-state index in [2.05, 4.69) is 15.2 Å². The van der Waals surface area contributed by atoms with Gasteiger partial charge in [-0.3, -0.25) is 4.98 Å². The van der Waals surface area contributed by atoms with Gasteiger partial charge in [-0.1, -0.05) is 6.07 Å². The van der Waals surface area contributed by atoms with Gasteiger partial charge in [0.05, 0.1) is 4.90 Å². The molecule has 0 spiro atoms. The Hall–Kier alpha value is -2.65. The fourth-order valence-corrected chi connectivity index (χ4v) is 6.14. The van der Waals surface area contributed by atoms with Crippen LogP contribution in [0, 0.1) is 5.82 Å². The van der Waals surface area contributed by atoms with Gasteiger partial charge in [0.15, 0.2) is 5.82 Å². The summed E-state index contributed by atoms with van der Waals surface area (Å²) >= 11 is 0. The molecule has 144 valence electrons. The van der Waals surface area contributed by atoms with E-state index in [4.69, 9.17) is 0 Å². The van der Waals surface area contributed by atoms with Crippen LogP contribution in [0.3, 0.4) is 0 Å². The van der Waals surface area contributed by atoms with Crippen molar-refractivity contribution < 1.29 is 12.8 Å². The Morgan fingerprint density at radius 1 is 1.07 bits per heavy atom. The van der Waals surface area contributed by atoms with Gasteiger partial charge in [-0.15, -0.1) is 10.2 Å². The minimum atomic E-state index is -3.80. The number of aromatic nitrogens is 4. The van der Waals surface area contributed by atoms with E-state index in [-0.39, 0.29) is 17.0 Å². The molecule has 4 heterocycles. The van der Waals surface area contributed by atoms with Crippen LogP contribution in [0.1, 0.15) is 18.7 Å². The number of rotatable bonds is 3. The Bertz CT molecular complexity index is 1130. The lowest BCUT2D eigenvalue weighted by molar-refractivity contribution is 0.315. The molecule has 0 saturated carbocycles. The molecule has 2 unspecified atom stereocenters. The van der Waals surface area contributed by atoms with Crippen molar-refractivity contribution in [2.24, 2.45) is 0 Å². The Morgan fingerprint density at radius 2 is 1.93 bits per heavy atom. The molecule has 2 aliphatic heterocycles. The number of fused-ring (bicyclic) bond motifs is 3. The van der Waals surface area contributed by atoms with E-state index in [0.29, 0.717) is 18.8 Å². The standard InChI is InChI=1S/C19H18FN5O2S/c20-14-4-1-5-17(9-14)28(26,27)25-15-6-7-16(25)12-24-18(10-15)22-23-19(24)13-3-2-8-21-11-13/h1-5,8-9,11,15-16H,6-7,10,12H2. The summed E-state index contributed by atoms with van der Waals surface area (Å²) in [4.78, 5) is 4.14. The summed E-state index contributed by atoms with van der Waals surface area (Å²) in [5.74, 6) is 0.906. The molecular weight excluding hydrogens is 381 g/mol. The number of halogens is 1. The summed E-state index contributed by atoms with van der Waals surface area (Å²) in [6.07, 6.45) is 5.41. The summed E-state index contributed by atoms with van der Waals surface area (Å²) in [5.41, 5.74) is 0.846. The molecule has 0 amide bonds. The molecule has 0 N–H and O–H groups in total. The molecule has 7 nitrogen and oxygen atoms in total. The number of benzene rings is 1. The van der Waals surface area contributed by atoms with E-state index >= 15 is 0 Å². The topological polar surface area (TPSA) is 81.0 Å². The van der Waals surface area contributed by atoms with Crippen LogP contribution in [0.4, 0.5) is 4.39 Å². The molecule has 0 aliphatic carbocycles. The molecule has 2 atom stereocenters. The minimum Gasteiger partial charge on any atom is -0.309 e. The first-order valence-corrected chi connectivity index (χ1v) is 10.6. The quantitative estimate of drug-likeness (QED) is 0.675. The molecule has 2 aliphatic rings. The van der Waals surface area contributed by atoms with Crippen molar-refractivity contribution in [3.63, 3.8) is 0 Å². The Balaban J connectivity index is 1.54. The molecule has 1 aromatic carbocycles. The second-order valence-electron chi connectivity index (χ2n) is 7.17. The molecule has 3 aromatic rings. The van der Waals surface area contributed by atoms with Gasteiger partial charge in [0.2, 0.25) is 10.0 Å². The molecule has 1 saturated heterocycles. The van der Waals surface area contributed by atoms with Gasteiger partial charge in [-0.25, -0.2) is 12.8 Å². The van der Waals surface area contributed by atoms with Crippen LogP contribution in [-0.2, 0) is 23.0 Å². The third kappa shape index (κ3) is 2.73. The monoisotopic (exact) mass is 399 g/mol. The predicted octanol–water partition coefficient (Wildman–Crippen LogP) is 2.26. The van der Waals surface area contributed by atoms with Crippen LogP contribution in [-0.4, -0.2) is 44.6 Å². The zero-order chi connectivity index (χ0) is 19.3. The second kappa shape index (κ2) is 6.46. The lowest BCUT2D eigenvalue weighted by atomic mass is 10.1. The molecule has 2 aromatic heterocycles. The zero-order valence-electron chi connectivity index (χ0n) is 14.9. The van der Waals surface area contributed by atoms with Crippen molar-refractivity contribution in [2.45, 2.75) is 42.8 Å². The summed E-state index contributed by atoms with van der Waals surface area (Å²) < 4.78 is 43.8. The van der Waals surface area contributed by atoms with Crippen molar-refractivity contribution in [1.29, 1.82) is 0 Å². The van der Waals surface area contributed by atoms with Crippen LogP contribution in [0.2, 0.25) is 0 Å². The van der Waals surface area contributed by atoms with Gasteiger partial charge >= 0.3 is 0 Å². The van der Waals surface area contributed by atoms with Crippen molar-refractivity contribution in [3.05, 3.63) is 60.4 Å². The number of hydrogen-bond acceptors (Lipinski definition) is 5. The average molecular weight is 399 g/mol. The lowest BCUT2D eigenvalue weighted by Crippen LogP contribution is -2.42. The van der Waals surface area contributed by atoms with Crippen molar-refractivity contribution in [3.8, 4) is 11.4 Å². The largest absolute Gasteiger partial charge is 0.309 e. The second-order valence-corrected chi connectivity index (χ2v) is 9.02. The first-order chi connectivity index (χ1) is 13.5. The molecule has 1 fully saturated rings. The maximum absolute atomic E-state index is 13.6. The van der Waals surface area contributed by atoms with Gasteiger partial charge in [-0.2, -0.15) is 4.31 Å². The fourth-order valence-electron chi connectivity index (χ4n) is 4.25. The Kier molecular flexibility index (Phi) is 4.02. The van der Waals surface area contributed by atoms with Crippen LogP contribution in [0.25, 0.3) is 11.4 Å². The van der Waals surface area contributed by atoms with Crippen LogP contribution in [0.15, 0.2) is 53.7 Å². The highest BCUT2D eigenvalue weighted by Gasteiger charge is 2.45. The number of nitrogens with zero attached hydrogens (tertiary/aromatic N) is 5. The van der Waals surface area contributed by atoms with Gasteiger partial charge in [0.25, 0.3) is 0 Å². The summed E-state index contributed by atoms with van der Waals surface area (Å²) in [5, 5.41) is 8.64. The molecule has 0 radical (unpaired) electrons. The van der Waals surface area contributed by atoms with E-state index in [1.54, 1.807) is 16.7 Å². The first-order valence-electron chi connectivity index (χ1n) is 9.15. The SMILES string of the molecule is O=S(=O)(c1cccc(F)c1)N1C2CCC1Cn1c(nnc1-c1cccnc1)C2. The summed E-state index contributed by atoms with van der Waals surface area (Å²) in [6, 6.07) is 8.53. The highest BCUT2D eigenvalue weighted by Crippen LogP contribution is 2.37. The van der Waals surface area contributed by atoms with Crippen LogP contribution < -0.4 is 0 Å². The molecule has 28 heavy (non-hydrogen) atoms. The molecule has 9 heteroatoms. The molecule has 2 bridgehead atoms. The predicted molar refractivity (Wildman–Crippen MR) is 99.2 cm³/mol. The van der Waals surface area contributed by atoms with Gasteiger partial charge in [0.1, 0.15) is 11.6 Å². The van der Waals surface area contributed by atoms with Crippen molar-refractivity contribution in [2.75, 3.05) is 0 Å². The van der Waals surface area contributed by atoms with Gasteiger partial charge in [-0.05, 0) is 43.2 Å². The van der Waals surface area contributed by atoms with Crippen LogP contribution in [0.5, 0.6) is 0 Å². The smallest absolute Gasteiger partial charge is 0.243 e. The minimum absolute atomic E-state index is 0.00505.